The van der Waals surface area contributed by atoms with E-state index >= 15 is 0 Å². The number of benzene rings is 2. The lowest BCUT2D eigenvalue weighted by Crippen LogP contribution is -2.64. The average Bonchev–Trinajstić information content (AvgIpc) is 3.06. The van der Waals surface area contributed by atoms with E-state index in [4.69, 9.17) is 12.2 Å². The number of hydrogen-bond acceptors (Lipinski definition) is 6. The molecule has 156 valence electrons. The van der Waals surface area contributed by atoms with Crippen LogP contribution in [0.25, 0.3) is 0 Å². The van der Waals surface area contributed by atoms with Gasteiger partial charge in [-0.3, -0.25) is 14.9 Å². The summed E-state index contributed by atoms with van der Waals surface area (Å²) in [6, 6.07) is 14.2. The summed E-state index contributed by atoms with van der Waals surface area (Å²) >= 11 is 8.10. The maximum Gasteiger partial charge on any atom is 0.238 e. The SMILES string of the molecule is Cc1ccc(NC(=O)CSC2NC(=O)C3SC(=S)N(c4ccccc4)C3N2)cc1F. The predicted octanol–water partition coefficient (Wildman–Crippen LogP) is 3.04. The molecule has 10 heteroatoms. The lowest BCUT2D eigenvalue weighted by molar-refractivity contribution is -0.122. The maximum absolute atomic E-state index is 13.7. The largest absolute Gasteiger partial charge is 0.331 e. The summed E-state index contributed by atoms with van der Waals surface area (Å²) in [5.74, 6) is -0.683. The minimum Gasteiger partial charge on any atom is -0.331 e. The van der Waals surface area contributed by atoms with Gasteiger partial charge in [-0.2, -0.15) is 0 Å². The van der Waals surface area contributed by atoms with Crippen molar-refractivity contribution in [3.8, 4) is 0 Å². The van der Waals surface area contributed by atoms with Gasteiger partial charge >= 0.3 is 0 Å². The molecule has 3 N–H and O–H groups in total. The lowest BCUT2D eigenvalue weighted by Gasteiger charge is -2.36. The van der Waals surface area contributed by atoms with Crippen LogP contribution in [0, 0.1) is 12.7 Å². The molecule has 2 aliphatic heterocycles. The number of nitrogens with zero attached hydrogens (tertiary/aromatic N) is 1. The van der Waals surface area contributed by atoms with Crippen LogP contribution in [-0.2, 0) is 9.59 Å². The summed E-state index contributed by atoms with van der Waals surface area (Å²) in [5.41, 5.74) is 1.37. The van der Waals surface area contributed by atoms with Gasteiger partial charge in [-0.25, -0.2) is 4.39 Å². The van der Waals surface area contributed by atoms with E-state index < -0.39 is 5.50 Å². The summed E-state index contributed by atoms with van der Waals surface area (Å²) in [6.45, 7) is 1.66. The van der Waals surface area contributed by atoms with Crippen molar-refractivity contribution in [2.45, 2.75) is 23.8 Å². The Bertz CT molecular complexity index is 991. The molecule has 2 aliphatic rings. The minimum atomic E-state index is -0.452. The van der Waals surface area contributed by atoms with Crippen molar-refractivity contribution in [2.24, 2.45) is 0 Å². The molecular weight excluding hydrogens is 443 g/mol. The van der Waals surface area contributed by atoms with Crippen molar-refractivity contribution >= 4 is 63.3 Å². The molecule has 4 rings (SSSR count). The van der Waals surface area contributed by atoms with Crippen LogP contribution in [0.2, 0.25) is 0 Å². The Labute approximate surface area is 187 Å². The highest BCUT2D eigenvalue weighted by Crippen LogP contribution is 2.37. The molecule has 3 unspecified atom stereocenters. The van der Waals surface area contributed by atoms with Gasteiger partial charge in [0.1, 0.15) is 27.1 Å². The zero-order valence-corrected chi connectivity index (χ0v) is 18.4. The van der Waals surface area contributed by atoms with Crippen molar-refractivity contribution in [3.63, 3.8) is 0 Å². The number of amides is 2. The van der Waals surface area contributed by atoms with Gasteiger partial charge in [0.25, 0.3) is 0 Å². The second-order valence-electron chi connectivity index (χ2n) is 6.83. The summed E-state index contributed by atoms with van der Waals surface area (Å²) < 4.78 is 14.3. The molecule has 0 radical (unpaired) electrons. The molecule has 0 aromatic heterocycles. The zero-order valence-electron chi connectivity index (χ0n) is 15.9. The first kappa shape index (κ1) is 21.1. The number of aryl methyl sites for hydroxylation is 1. The molecule has 2 aromatic carbocycles. The van der Waals surface area contributed by atoms with Gasteiger partial charge in [-0.05, 0) is 36.8 Å². The normalized spacial score (nSPS) is 23.1. The zero-order chi connectivity index (χ0) is 21.3. The third kappa shape index (κ3) is 4.46. The second-order valence-corrected chi connectivity index (χ2v) is 9.70. The van der Waals surface area contributed by atoms with E-state index in [2.05, 4.69) is 16.0 Å². The van der Waals surface area contributed by atoms with Crippen LogP contribution in [0.5, 0.6) is 0 Å². The fourth-order valence-electron chi connectivity index (χ4n) is 3.22. The standard InChI is InChI=1S/C20H19FN4O2S3/c1-11-7-8-12(9-14(11)21)22-15(26)10-29-19-23-17-16(18(27)24-19)30-20(28)25(17)13-5-3-2-4-6-13/h2-9,16-17,19,23H,10H2,1H3,(H,22,26)(H,24,27). The smallest absolute Gasteiger partial charge is 0.238 e. The van der Waals surface area contributed by atoms with Crippen molar-refractivity contribution in [3.05, 3.63) is 59.9 Å². The number of anilines is 2. The first-order chi connectivity index (χ1) is 14.4. The van der Waals surface area contributed by atoms with Crippen LogP contribution in [0.15, 0.2) is 48.5 Å². The number of para-hydroxylation sites is 1. The molecule has 0 aliphatic carbocycles. The van der Waals surface area contributed by atoms with Gasteiger partial charge in [-0.1, -0.05) is 48.2 Å². The number of carbonyl (C=O) groups excluding carboxylic acids is 2. The topological polar surface area (TPSA) is 73.5 Å². The van der Waals surface area contributed by atoms with Gasteiger partial charge in [-0.15, -0.1) is 11.8 Å². The van der Waals surface area contributed by atoms with E-state index in [1.807, 2.05) is 35.2 Å². The maximum atomic E-state index is 13.7. The van der Waals surface area contributed by atoms with Crippen LogP contribution < -0.4 is 20.9 Å². The number of thioether (sulfide) groups is 2. The minimum absolute atomic E-state index is 0.0910. The van der Waals surface area contributed by atoms with E-state index in [-0.39, 0.29) is 34.8 Å². The van der Waals surface area contributed by atoms with Crippen LogP contribution in [-0.4, -0.2) is 38.8 Å². The Morgan fingerprint density at radius 2 is 2.07 bits per heavy atom. The van der Waals surface area contributed by atoms with Gasteiger partial charge in [0.15, 0.2) is 0 Å². The summed E-state index contributed by atoms with van der Waals surface area (Å²) in [5, 5.41) is 8.56. The van der Waals surface area contributed by atoms with Crippen LogP contribution in [0.4, 0.5) is 15.8 Å². The van der Waals surface area contributed by atoms with E-state index in [1.165, 1.54) is 29.6 Å². The van der Waals surface area contributed by atoms with E-state index in [9.17, 15) is 14.0 Å². The third-order valence-electron chi connectivity index (χ3n) is 4.71. The third-order valence-corrected chi connectivity index (χ3v) is 7.34. The highest BCUT2D eigenvalue weighted by molar-refractivity contribution is 8.24. The Hall–Kier alpha value is -2.14. The molecule has 2 saturated heterocycles. The Kier molecular flexibility index (Phi) is 6.28. The van der Waals surface area contributed by atoms with Gasteiger partial charge in [0.05, 0.1) is 5.75 Å². The number of halogens is 1. The molecule has 0 bridgehead atoms. The predicted molar refractivity (Wildman–Crippen MR) is 124 cm³/mol. The van der Waals surface area contributed by atoms with Crippen molar-refractivity contribution in [1.82, 2.24) is 10.6 Å². The number of fused-ring (bicyclic) bond motifs is 1. The first-order valence-corrected chi connectivity index (χ1v) is 11.5. The van der Waals surface area contributed by atoms with Gasteiger partial charge < -0.3 is 15.5 Å². The van der Waals surface area contributed by atoms with E-state index in [1.54, 1.807) is 19.1 Å². The second kappa shape index (κ2) is 8.93. The van der Waals surface area contributed by atoms with E-state index in [0.717, 1.165) is 5.69 Å². The first-order valence-electron chi connectivity index (χ1n) is 9.21. The number of thiocarbonyl (C=S) groups is 1. The quantitative estimate of drug-likeness (QED) is 0.590. The highest BCUT2D eigenvalue weighted by Gasteiger charge is 2.47. The molecule has 0 saturated carbocycles. The van der Waals surface area contributed by atoms with E-state index in [0.29, 0.717) is 15.6 Å². The molecule has 3 atom stereocenters. The summed E-state index contributed by atoms with van der Waals surface area (Å²) in [4.78, 5) is 26.8. The van der Waals surface area contributed by atoms with Crippen LogP contribution in [0.3, 0.4) is 0 Å². The van der Waals surface area contributed by atoms with Crippen molar-refractivity contribution in [2.75, 3.05) is 16.0 Å². The van der Waals surface area contributed by atoms with Crippen molar-refractivity contribution < 1.29 is 14.0 Å². The number of rotatable bonds is 5. The van der Waals surface area contributed by atoms with Gasteiger partial charge in [0.2, 0.25) is 11.8 Å². The highest BCUT2D eigenvalue weighted by atomic mass is 32.2. The Balaban J connectivity index is 1.38. The van der Waals surface area contributed by atoms with Crippen molar-refractivity contribution in [1.29, 1.82) is 0 Å². The average molecular weight is 463 g/mol. The molecule has 2 heterocycles. The molecule has 2 fully saturated rings. The number of carbonyl (C=O) groups is 2. The number of hydrogen-bond donors (Lipinski definition) is 3. The fourth-order valence-corrected chi connectivity index (χ4v) is 5.63. The fraction of sp³-hybridized carbons (Fsp3) is 0.250. The Morgan fingerprint density at radius 3 is 2.80 bits per heavy atom. The van der Waals surface area contributed by atoms with Crippen LogP contribution >= 0.6 is 35.7 Å². The van der Waals surface area contributed by atoms with Crippen LogP contribution in [0.1, 0.15) is 5.56 Å². The summed E-state index contributed by atoms with van der Waals surface area (Å²) in [7, 11) is 0. The summed E-state index contributed by atoms with van der Waals surface area (Å²) in [6.07, 6.45) is -0.301. The molecule has 2 aromatic rings. The molecule has 30 heavy (non-hydrogen) atoms. The molecule has 6 nitrogen and oxygen atoms in total. The Morgan fingerprint density at radius 1 is 1.30 bits per heavy atom. The number of nitrogens with one attached hydrogen (secondary N) is 3. The molecular formula is C20H19FN4O2S3. The monoisotopic (exact) mass is 462 g/mol. The lowest BCUT2D eigenvalue weighted by atomic mass is 10.2. The molecule has 0 spiro atoms. The van der Waals surface area contributed by atoms with Gasteiger partial charge in [0, 0.05) is 11.4 Å². The molecule has 2 amide bonds.